The van der Waals surface area contributed by atoms with Crippen LogP contribution in [0, 0.1) is 0 Å². The predicted molar refractivity (Wildman–Crippen MR) is 119 cm³/mol. The number of carbonyl (C=O) groups excluding carboxylic acids is 1. The van der Waals surface area contributed by atoms with Gasteiger partial charge in [0.2, 0.25) is 26.0 Å². The second-order valence-electron chi connectivity index (χ2n) is 6.38. The van der Waals surface area contributed by atoms with Gasteiger partial charge in [-0.3, -0.25) is 9.10 Å². The van der Waals surface area contributed by atoms with Gasteiger partial charge in [0.15, 0.2) is 0 Å². The fraction of sp³-hybridized carbons (Fsp3) is 0.316. The van der Waals surface area contributed by atoms with E-state index in [2.05, 4.69) is 5.32 Å². The van der Waals surface area contributed by atoms with Crippen molar-refractivity contribution in [2.24, 2.45) is 0 Å². The number of amides is 1. The van der Waals surface area contributed by atoms with E-state index in [4.69, 9.17) is 11.6 Å². The van der Waals surface area contributed by atoms with Crippen LogP contribution in [0.2, 0.25) is 5.02 Å². The lowest BCUT2D eigenvalue weighted by Crippen LogP contribution is -2.37. The molecule has 0 radical (unpaired) electrons. The van der Waals surface area contributed by atoms with E-state index in [1.54, 1.807) is 26.0 Å². The standard InChI is InChI=1S/C19H24ClN3O5S2/c1-4-22(5-2)30(27,28)16-12-10-15(11-13-16)21-19(24)14-23(29(3,25)26)18-9-7-6-8-17(18)20/h6-13H,4-5,14H2,1-3H3,(H,21,24). The minimum atomic E-state index is -3.77. The molecule has 2 aromatic rings. The van der Waals surface area contributed by atoms with Crippen LogP contribution in [-0.2, 0) is 24.8 Å². The molecule has 30 heavy (non-hydrogen) atoms. The minimum Gasteiger partial charge on any atom is -0.325 e. The van der Waals surface area contributed by atoms with Crippen LogP contribution in [0.15, 0.2) is 53.4 Å². The molecule has 0 spiro atoms. The van der Waals surface area contributed by atoms with Gasteiger partial charge in [-0.15, -0.1) is 0 Å². The zero-order chi connectivity index (χ0) is 22.5. The maximum Gasteiger partial charge on any atom is 0.245 e. The van der Waals surface area contributed by atoms with Gasteiger partial charge in [0.25, 0.3) is 0 Å². The van der Waals surface area contributed by atoms with Crippen LogP contribution >= 0.6 is 11.6 Å². The lowest BCUT2D eigenvalue weighted by Gasteiger charge is -2.23. The molecule has 0 heterocycles. The highest BCUT2D eigenvalue weighted by Crippen LogP contribution is 2.27. The first-order chi connectivity index (χ1) is 14.0. The number of hydrogen-bond acceptors (Lipinski definition) is 5. The molecule has 164 valence electrons. The van der Waals surface area contributed by atoms with E-state index in [0.717, 1.165) is 10.6 Å². The van der Waals surface area contributed by atoms with Crippen LogP contribution < -0.4 is 9.62 Å². The fourth-order valence-electron chi connectivity index (χ4n) is 2.79. The smallest absolute Gasteiger partial charge is 0.245 e. The topological polar surface area (TPSA) is 104 Å². The van der Waals surface area contributed by atoms with E-state index in [1.807, 2.05) is 0 Å². The third-order valence-electron chi connectivity index (χ3n) is 4.29. The minimum absolute atomic E-state index is 0.109. The van der Waals surface area contributed by atoms with Crippen molar-refractivity contribution in [3.8, 4) is 0 Å². The van der Waals surface area contributed by atoms with Crippen LogP contribution in [-0.4, -0.2) is 52.9 Å². The first-order valence-electron chi connectivity index (χ1n) is 9.13. The fourth-order valence-corrected chi connectivity index (χ4v) is 5.40. The molecule has 2 rings (SSSR count). The Hall–Kier alpha value is -2.14. The number of rotatable bonds is 9. The number of benzene rings is 2. The normalized spacial score (nSPS) is 12.0. The van der Waals surface area contributed by atoms with Gasteiger partial charge in [-0.1, -0.05) is 37.6 Å². The zero-order valence-corrected chi connectivity index (χ0v) is 19.3. The van der Waals surface area contributed by atoms with E-state index in [0.29, 0.717) is 18.8 Å². The van der Waals surface area contributed by atoms with E-state index in [1.165, 1.54) is 40.7 Å². The maximum atomic E-state index is 12.5. The summed E-state index contributed by atoms with van der Waals surface area (Å²) in [5, 5.41) is 2.77. The van der Waals surface area contributed by atoms with Crippen molar-refractivity contribution in [1.29, 1.82) is 0 Å². The Kier molecular flexibility index (Phi) is 7.87. The maximum absolute atomic E-state index is 12.5. The average Bonchev–Trinajstić information content (AvgIpc) is 2.67. The first-order valence-corrected chi connectivity index (χ1v) is 12.8. The number of sulfonamides is 2. The number of hydrogen-bond donors (Lipinski definition) is 1. The van der Waals surface area contributed by atoms with Gasteiger partial charge in [-0.2, -0.15) is 4.31 Å². The molecule has 0 aromatic heterocycles. The van der Waals surface area contributed by atoms with Crippen LogP contribution in [0.4, 0.5) is 11.4 Å². The molecule has 0 aliphatic rings. The highest BCUT2D eigenvalue weighted by Gasteiger charge is 2.24. The van der Waals surface area contributed by atoms with Crippen molar-refractivity contribution in [1.82, 2.24) is 4.31 Å². The summed E-state index contributed by atoms with van der Waals surface area (Å²) in [6.45, 7) is 3.72. The Balaban J connectivity index is 2.18. The van der Waals surface area contributed by atoms with E-state index in [9.17, 15) is 21.6 Å². The van der Waals surface area contributed by atoms with Crippen LogP contribution in [0.1, 0.15) is 13.8 Å². The summed E-state index contributed by atoms with van der Waals surface area (Å²) in [6.07, 6.45) is 0.983. The van der Waals surface area contributed by atoms with Gasteiger partial charge in [-0.05, 0) is 36.4 Å². The molecule has 0 fully saturated rings. The molecule has 1 N–H and O–H groups in total. The molecule has 2 aromatic carbocycles. The molecular formula is C19H24ClN3O5S2. The molecular weight excluding hydrogens is 450 g/mol. The first kappa shape index (κ1) is 24.1. The molecule has 11 heteroatoms. The van der Waals surface area contributed by atoms with Crippen molar-refractivity contribution >= 4 is 48.9 Å². The zero-order valence-electron chi connectivity index (χ0n) is 16.9. The highest BCUT2D eigenvalue weighted by atomic mass is 35.5. The molecule has 0 saturated heterocycles. The Bertz CT molecular complexity index is 1100. The third-order valence-corrected chi connectivity index (χ3v) is 7.80. The van der Waals surface area contributed by atoms with Gasteiger partial charge in [0, 0.05) is 18.8 Å². The number of nitrogens with one attached hydrogen (secondary N) is 1. The summed E-state index contributed by atoms with van der Waals surface area (Å²) < 4.78 is 51.6. The van der Waals surface area contributed by atoms with Crippen LogP contribution in [0.25, 0.3) is 0 Å². The van der Waals surface area contributed by atoms with Crippen molar-refractivity contribution < 1.29 is 21.6 Å². The summed E-state index contributed by atoms with van der Waals surface area (Å²) in [6, 6.07) is 12.0. The highest BCUT2D eigenvalue weighted by molar-refractivity contribution is 7.92. The Morgan fingerprint density at radius 3 is 2.03 bits per heavy atom. The van der Waals surface area contributed by atoms with Gasteiger partial charge < -0.3 is 5.32 Å². The molecule has 8 nitrogen and oxygen atoms in total. The molecule has 0 unspecified atom stereocenters. The Morgan fingerprint density at radius 2 is 1.53 bits per heavy atom. The molecule has 1 amide bonds. The summed E-state index contributed by atoms with van der Waals surface area (Å²) in [4.78, 5) is 12.6. The number of anilines is 2. The van der Waals surface area contributed by atoms with Gasteiger partial charge in [0.1, 0.15) is 6.54 Å². The second kappa shape index (κ2) is 9.78. The number of carbonyl (C=O) groups is 1. The van der Waals surface area contributed by atoms with Crippen molar-refractivity contribution in [2.45, 2.75) is 18.7 Å². The third kappa shape index (κ3) is 5.72. The summed E-state index contributed by atoms with van der Waals surface area (Å²) in [7, 11) is -7.37. The lowest BCUT2D eigenvalue weighted by atomic mass is 10.3. The largest absolute Gasteiger partial charge is 0.325 e. The average molecular weight is 474 g/mol. The van der Waals surface area contributed by atoms with Crippen LogP contribution in [0.5, 0.6) is 0 Å². The van der Waals surface area contributed by atoms with E-state index < -0.39 is 32.5 Å². The van der Waals surface area contributed by atoms with Crippen molar-refractivity contribution in [2.75, 3.05) is 35.5 Å². The second-order valence-corrected chi connectivity index (χ2v) is 10.6. The Morgan fingerprint density at radius 1 is 0.967 bits per heavy atom. The predicted octanol–water partition coefficient (Wildman–Crippen LogP) is 2.78. The monoisotopic (exact) mass is 473 g/mol. The van der Waals surface area contributed by atoms with Crippen molar-refractivity contribution in [3.63, 3.8) is 0 Å². The molecule has 0 saturated carbocycles. The van der Waals surface area contributed by atoms with Crippen LogP contribution in [0.3, 0.4) is 0 Å². The number of nitrogens with zero attached hydrogens (tertiary/aromatic N) is 2. The number of para-hydroxylation sites is 1. The van der Waals surface area contributed by atoms with Gasteiger partial charge in [-0.25, -0.2) is 16.8 Å². The molecule has 0 aliphatic heterocycles. The summed E-state index contributed by atoms with van der Waals surface area (Å²) in [5.74, 6) is -0.598. The Labute approximate surface area is 182 Å². The van der Waals surface area contributed by atoms with E-state index >= 15 is 0 Å². The van der Waals surface area contributed by atoms with E-state index in [-0.39, 0.29) is 15.6 Å². The molecule has 0 bridgehead atoms. The van der Waals surface area contributed by atoms with Gasteiger partial charge in [0.05, 0.1) is 21.9 Å². The lowest BCUT2D eigenvalue weighted by molar-refractivity contribution is -0.114. The quantitative estimate of drug-likeness (QED) is 0.603. The molecule has 0 aliphatic carbocycles. The molecule has 0 atom stereocenters. The SMILES string of the molecule is CCN(CC)S(=O)(=O)c1ccc(NC(=O)CN(c2ccccc2Cl)S(C)(=O)=O)cc1. The summed E-state index contributed by atoms with van der Waals surface area (Å²) >= 11 is 6.08. The van der Waals surface area contributed by atoms with Gasteiger partial charge >= 0.3 is 0 Å². The van der Waals surface area contributed by atoms with Crippen molar-refractivity contribution in [3.05, 3.63) is 53.6 Å². The summed E-state index contributed by atoms with van der Waals surface area (Å²) in [5.41, 5.74) is 0.531. The number of halogens is 1.